The lowest BCUT2D eigenvalue weighted by Crippen LogP contribution is -2.41. The van der Waals surface area contributed by atoms with Crippen LogP contribution in [0, 0.1) is 5.92 Å². The zero-order valence-corrected chi connectivity index (χ0v) is 13.0. The van der Waals surface area contributed by atoms with Gasteiger partial charge in [0.15, 0.2) is 0 Å². The van der Waals surface area contributed by atoms with Crippen LogP contribution in [0.25, 0.3) is 11.0 Å². The number of aromatic nitrogens is 2. The quantitative estimate of drug-likeness (QED) is 0.872. The normalized spacial score (nSPS) is 14.4. The molecule has 1 heterocycles. The molecule has 2 unspecified atom stereocenters. The highest BCUT2D eigenvalue weighted by Gasteiger charge is 2.38. The smallest absolute Gasteiger partial charge is 0.449 e. The number of aliphatic carboxylic acids is 1. The Morgan fingerprint density at radius 2 is 1.92 bits per heavy atom. The second-order valence-corrected chi connectivity index (χ2v) is 5.49. The summed E-state index contributed by atoms with van der Waals surface area (Å²) in [6.45, 7) is 2.28. The molecule has 0 aliphatic carbocycles. The molecule has 2 N–H and O–H groups in total. The van der Waals surface area contributed by atoms with Gasteiger partial charge in [-0.3, -0.25) is 9.59 Å². The van der Waals surface area contributed by atoms with Crippen LogP contribution < -0.4 is 5.32 Å². The predicted octanol–water partition coefficient (Wildman–Crippen LogP) is 2.28. The van der Waals surface area contributed by atoms with Gasteiger partial charge in [0.25, 0.3) is 0 Å². The fourth-order valence-corrected chi connectivity index (χ4v) is 2.23. The highest BCUT2D eigenvalue weighted by Crippen LogP contribution is 2.31. The summed E-state index contributed by atoms with van der Waals surface area (Å²) < 4.78 is 40.2. The van der Waals surface area contributed by atoms with E-state index < -0.39 is 42.4 Å². The molecule has 2 rings (SSSR count). The van der Waals surface area contributed by atoms with E-state index in [1.165, 1.54) is 26.0 Å². The first-order valence-electron chi connectivity index (χ1n) is 7.16. The van der Waals surface area contributed by atoms with E-state index in [9.17, 15) is 22.8 Å². The summed E-state index contributed by atoms with van der Waals surface area (Å²) in [7, 11) is 0. The monoisotopic (exact) mass is 343 g/mol. The standard InChI is InChI=1S/C15H16F3N3O3/c1-8(13(23)24)9(2)19-12(22)7-21-11-6-4-3-5-10(11)20-14(21)15(16,17)18/h3-6,8-9H,7H2,1-2H3,(H,19,22)(H,23,24). The van der Waals surface area contributed by atoms with Crippen LogP contribution in [-0.4, -0.2) is 32.6 Å². The van der Waals surface area contributed by atoms with E-state index >= 15 is 0 Å². The fourth-order valence-electron chi connectivity index (χ4n) is 2.23. The van der Waals surface area contributed by atoms with Crippen molar-refractivity contribution in [3.8, 4) is 0 Å². The number of alkyl halides is 3. The van der Waals surface area contributed by atoms with Crippen molar-refractivity contribution in [1.82, 2.24) is 14.9 Å². The lowest BCUT2D eigenvalue weighted by atomic mass is 10.0. The van der Waals surface area contributed by atoms with Crippen LogP contribution in [0.3, 0.4) is 0 Å². The molecule has 0 saturated carbocycles. The molecule has 1 aromatic heterocycles. The Balaban J connectivity index is 2.29. The summed E-state index contributed by atoms with van der Waals surface area (Å²) >= 11 is 0. The number of fused-ring (bicyclic) bond motifs is 1. The molecule has 9 heteroatoms. The Bertz CT molecular complexity index is 770. The number of hydrogen-bond acceptors (Lipinski definition) is 3. The number of hydrogen-bond donors (Lipinski definition) is 2. The minimum atomic E-state index is -4.71. The molecule has 24 heavy (non-hydrogen) atoms. The highest BCUT2D eigenvalue weighted by atomic mass is 19.4. The molecule has 2 atom stereocenters. The number of nitrogens with zero attached hydrogens (tertiary/aromatic N) is 2. The maximum Gasteiger partial charge on any atom is 0.449 e. The van der Waals surface area contributed by atoms with Gasteiger partial charge in [0.2, 0.25) is 11.7 Å². The van der Waals surface area contributed by atoms with Gasteiger partial charge < -0.3 is 15.0 Å². The first kappa shape index (κ1) is 17.8. The zero-order chi connectivity index (χ0) is 18.1. The summed E-state index contributed by atoms with van der Waals surface area (Å²) in [5, 5.41) is 11.3. The number of carboxylic acid groups (broad SMARTS) is 1. The van der Waals surface area contributed by atoms with Crippen molar-refractivity contribution in [2.45, 2.75) is 32.6 Å². The van der Waals surface area contributed by atoms with Crippen molar-refractivity contribution in [3.63, 3.8) is 0 Å². The summed E-state index contributed by atoms with van der Waals surface area (Å²) in [5.41, 5.74) is 0.309. The molecule has 1 amide bonds. The van der Waals surface area contributed by atoms with E-state index in [1.54, 1.807) is 12.1 Å². The highest BCUT2D eigenvalue weighted by molar-refractivity contribution is 5.82. The van der Waals surface area contributed by atoms with Gasteiger partial charge in [0, 0.05) is 6.04 Å². The van der Waals surface area contributed by atoms with Gasteiger partial charge in [0.1, 0.15) is 6.54 Å². The summed E-state index contributed by atoms with van der Waals surface area (Å²) in [6, 6.07) is 5.24. The van der Waals surface area contributed by atoms with Crippen molar-refractivity contribution in [2.75, 3.05) is 0 Å². The zero-order valence-electron chi connectivity index (χ0n) is 13.0. The number of carbonyl (C=O) groups excluding carboxylic acids is 1. The van der Waals surface area contributed by atoms with Gasteiger partial charge in [-0.05, 0) is 26.0 Å². The second kappa shape index (κ2) is 6.50. The van der Waals surface area contributed by atoms with Crippen molar-refractivity contribution in [3.05, 3.63) is 30.1 Å². The van der Waals surface area contributed by atoms with E-state index in [2.05, 4.69) is 10.3 Å². The van der Waals surface area contributed by atoms with Crippen LogP contribution in [0.5, 0.6) is 0 Å². The maximum atomic E-state index is 13.1. The summed E-state index contributed by atoms with van der Waals surface area (Å²) in [6.07, 6.45) is -4.71. The summed E-state index contributed by atoms with van der Waals surface area (Å²) in [5.74, 6) is -3.86. The molecule has 0 fully saturated rings. The maximum absolute atomic E-state index is 13.1. The van der Waals surface area contributed by atoms with Gasteiger partial charge in [-0.15, -0.1) is 0 Å². The van der Waals surface area contributed by atoms with Crippen LogP contribution in [0.2, 0.25) is 0 Å². The number of para-hydroxylation sites is 2. The molecule has 0 aliphatic heterocycles. The Morgan fingerprint density at radius 3 is 2.50 bits per heavy atom. The fraction of sp³-hybridized carbons (Fsp3) is 0.400. The topological polar surface area (TPSA) is 84.2 Å². The van der Waals surface area contributed by atoms with E-state index in [0.29, 0.717) is 0 Å². The van der Waals surface area contributed by atoms with Gasteiger partial charge in [-0.2, -0.15) is 13.2 Å². The summed E-state index contributed by atoms with van der Waals surface area (Å²) in [4.78, 5) is 26.5. The van der Waals surface area contributed by atoms with Gasteiger partial charge in [0.05, 0.1) is 17.0 Å². The second-order valence-electron chi connectivity index (χ2n) is 5.49. The van der Waals surface area contributed by atoms with E-state index in [-0.39, 0.29) is 11.0 Å². The van der Waals surface area contributed by atoms with Crippen LogP contribution in [0.15, 0.2) is 24.3 Å². The third-order valence-electron chi connectivity index (χ3n) is 3.74. The van der Waals surface area contributed by atoms with Crippen molar-refractivity contribution < 1.29 is 27.9 Å². The van der Waals surface area contributed by atoms with Gasteiger partial charge in [-0.1, -0.05) is 12.1 Å². The molecule has 0 bridgehead atoms. The Kier molecular flexibility index (Phi) is 4.81. The third kappa shape index (κ3) is 3.66. The number of carboxylic acids is 1. The minimum Gasteiger partial charge on any atom is -0.481 e. The SMILES string of the molecule is CC(NC(=O)Cn1c(C(F)(F)F)nc2ccccc21)C(C)C(=O)O. The van der Waals surface area contributed by atoms with Crippen LogP contribution in [-0.2, 0) is 22.3 Å². The number of benzene rings is 1. The van der Waals surface area contributed by atoms with Crippen LogP contribution in [0.4, 0.5) is 13.2 Å². The first-order valence-corrected chi connectivity index (χ1v) is 7.16. The lowest BCUT2D eigenvalue weighted by Gasteiger charge is -2.18. The predicted molar refractivity (Wildman–Crippen MR) is 79.1 cm³/mol. The Labute approximate surface area is 135 Å². The van der Waals surface area contributed by atoms with E-state index in [1.807, 2.05) is 0 Å². The average molecular weight is 343 g/mol. The minimum absolute atomic E-state index is 0.129. The average Bonchev–Trinajstić information content (AvgIpc) is 2.85. The van der Waals surface area contributed by atoms with Gasteiger partial charge in [-0.25, -0.2) is 4.98 Å². The van der Waals surface area contributed by atoms with E-state index in [4.69, 9.17) is 5.11 Å². The van der Waals surface area contributed by atoms with Crippen LogP contribution in [0.1, 0.15) is 19.7 Å². The first-order chi connectivity index (χ1) is 11.1. The molecule has 130 valence electrons. The number of nitrogens with one attached hydrogen (secondary N) is 1. The molecule has 0 radical (unpaired) electrons. The number of carbonyl (C=O) groups is 2. The molecule has 0 aliphatic rings. The largest absolute Gasteiger partial charge is 0.481 e. The molecule has 0 saturated heterocycles. The third-order valence-corrected chi connectivity index (χ3v) is 3.74. The molecular weight excluding hydrogens is 327 g/mol. The molecule has 2 aromatic rings. The number of imidazole rings is 1. The molecule has 6 nitrogen and oxygen atoms in total. The van der Waals surface area contributed by atoms with Crippen molar-refractivity contribution in [2.24, 2.45) is 5.92 Å². The lowest BCUT2D eigenvalue weighted by molar-refractivity contribution is -0.147. The number of amides is 1. The van der Waals surface area contributed by atoms with E-state index in [0.717, 1.165) is 4.57 Å². The van der Waals surface area contributed by atoms with Crippen molar-refractivity contribution in [1.29, 1.82) is 0 Å². The van der Waals surface area contributed by atoms with Crippen LogP contribution >= 0.6 is 0 Å². The molecule has 1 aromatic carbocycles. The molecular formula is C15H16F3N3O3. The number of halogens is 3. The number of rotatable bonds is 5. The van der Waals surface area contributed by atoms with Gasteiger partial charge >= 0.3 is 12.1 Å². The Morgan fingerprint density at radius 1 is 1.29 bits per heavy atom. The molecule has 0 spiro atoms. The van der Waals surface area contributed by atoms with Crippen molar-refractivity contribution >= 4 is 22.9 Å². The Hall–Kier alpha value is -2.58.